The van der Waals surface area contributed by atoms with Crippen molar-refractivity contribution in [3.05, 3.63) is 30.9 Å². The zero-order valence-electron chi connectivity index (χ0n) is 8.48. The first kappa shape index (κ1) is 11.3. The lowest BCUT2D eigenvalue weighted by molar-refractivity contribution is 0.124. The smallest absolute Gasteiger partial charge is 0.405 e. The molecule has 1 heterocycles. The average Bonchev–Trinajstić information content (AvgIpc) is 2.68. The molecule has 0 aliphatic rings. The van der Waals surface area contributed by atoms with Gasteiger partial charge in [0.25, 0.3) is 0 Å². The van der Waals surface area contributed by atoms with E-state index in [-0.39, 0.29) is 6.10 Å². The van der Waals surface area contributed by atoms with Crippen LogP contribution in [0.15, 0.2) is 25.2 Å². The number of amides is 1. The van der Waals surface area contributed by atoms with Gasteiger partial charge in [0.1, 0.15) is 6.10 Å². The predicted molar refractivity (Wildman–Crippen MR) is 56.2 cm³/mol. The highest BCUT2D eigenvalue weighted by Gasteiger charge is 2.07. The third kappa shape index (κ3) is 4.30. The summed E-state index contributed by atoms with van der Waals surface area (Å²) in [6.07, 6.45) is 6.40. The Morgan fingerprint density at radius 2 is 2.60 bits per heavy atom. The van der Waals surface area contributed by atoms with Gasteiger partial charge >= 0.3 is 6.09 Å². The van der Waals surface area contributed by atoms with E-state index in [0.717, 1.165) is 18.5 Å². The first-order valence-electron chi connectivity index (χ1n) is 4.78. The highest BCUT2D eigenvalue weighted by molar-refractivity contribution is 5.64. The number of aromatic nitrogens is 2. The van der Waals surface area contributed by atoms with E-state index in [1.54, 1.807) is 18.6 Å². The van der Waals surface area contributed by atoms with Crippen molar-refractivity contribution in [1.29, 1.82) is 0 Å². The van der Waals surface area contributed by atoms with Crippen molar-refractivity contribution in [3.63, 3.8) is 0 Å². The number of ether oxygens (including phenoxy) is 1. The molecular weight excluding hydrogens is 194 g/mol. The summed E-state index contributed by atoms with van der Waals surface area (Å²) in [6.45, 7) is 3.58. The van der Waals surface area contributed by atoms with Gasteiger partial charge in [-0.05, 0) is 19.3 Å². The number of aryl methyl sites for hydroxylation is 1. The van der Waals surface area contributed by atoms with E-state index in [0.29, 0.717) is 6.42 Å². The molecule has 5 heteroatoms. The molecule has 82 valence electrons. The van der Waals surface area contributed by atoms with E-state index in [9.17, 15) is 4.79 Å². The summed E-state index contributed by atoms with van der Waals surface area (Å²) < 4.78 is 4.81. The Bertz CT molecular complexity index is 308. The molecule has 0 spiro atoms. The standard InChI is InChI=1S/C10H15N3O2/c1-2-9(15-10(11)14)5-3-4-8-6-12-7-13-8/h2,6-7,9H,1,3-5H2,(H2,11,14)(H,12,13). The number of nitrogens with one attached hydrogen (secondary N) is 1. The number of primary amides is 1. The summed E-state index contributed by atoms with van der Waals surface area (Å²) in [5.74, 6) is 0. The zero-order chi connectivity index (χ0) is 11.1. The maximum atomic E-state index is 10.5. The van der Waals surface area contributed by atoms with Crippen LogP contribution in [0.2, 0.25) is 0 Å². The molecule has 1 atom stereocenters. The number of nitrogens with two attached hydrogens (primary N) is 1. The topological polar surface area (TPSA) is 81.0 Å². The lowest BCUT2D eigenvalue weighted by Gasteiger charge is -2.11. The largest absolute Gasteiger partial charge is 0.442 e. The molecule has 0 bridgehead atoms. The quantitative estimate of drug-likeness (QED) is 0.694. The van der Waals surface area contributed by atoms with Crippen LogP contribution >= 0.6 is 0 Å². The van der Waals surface area contributed by atoms with Gasteiger partial charge in [-0.2, -0.15) is 0 Å². The molecule has 1 aromatic rings. The average molecular weight is 209 g/mol. The highest BCUT2D eigenvalue weighted by Crippen LogP contribution is 2.07. The predicted octanol–water partition coefficient (Wildman–Crippen LogP) is 1.38. The minimum Gasteiger partial charge on any atom is -0.442 e. The van der Waals surface area contributed by atoms with Crippen LogP contribution in [-0.2, 0) is 11.2 Å². The summed E-state index contributed by atoms with van der Waals surface area (Å²) in [6, 6.07) is 0. The molecule has 0 fully saturated rings. The van der Waals surface area contributed by atoms with E-state index >= 15 is 0 Å². The molecule has 1 unspecified atom stereocenters. The fourth-order valence-electron chi connectivity index (χ4n) is 1.29. The number of hydrogen-bond acceptors (Lipinski definition) is 3. The van der Waals surface area contributed by atoms with Gasteiger partial charge in [0, 0.05) is 11.9 Å². The molecule has 0 saturated heterocycles. The van der Waals surface area contributed by atoms with E-state index < -0.39 is 6.09 Å². The summed E-state index contributed by atoms with van der Waals surface area (Å²) in [4.78, 5) is 17.4. The van der Waals surface area contributed by atoms with Crippen LogP contribution in [0.5, 0.6) is 0 Å². The van der Waals surface area contributed by atoms with Crippen LogP contribution in [0.3, 0.4) is 0 Å². The molecule has 1 rings (SSSR count). The van der Waals surface area contributed by atoms with E-state index in [4.69, 9.17) is 10.5 Å². The fraction of sp³-hybridized carbons (Fsp3) is 0.400. The van der Waals surface area contributed by atoms with Crippen LogP contribution < -0.4 is 5.73 Å². The molecule has 15 heavy (non-hydrogen) atoms. The number of carbonyl (C=O) groups excluding carboxylic acids is 1. The molecule has 3 N–H and O–H groups in total. The number of aromatic amines is 1. The van der Waals surface area contributed by atoms with Gasteiger partial charge in [-0.3, -0.25) is 0 Å². The Morgan fingerprint density at radius 3 is 3.13 bits per heavy atom. The molecule has 0 radical (unpaired) electrons. The van der Waals surface area contributed by atoms with Crippen molar-refractivity contribution in [2.75, 3.05) is 0 Å². The second-order valence-corrected chi connectivity index (χ2v) is 3.18. The Hall–Kier alpha value is -1.78. The Kier molecular flexibility index (Phi) is 4.40. The number of nitrogens with zero attached hydrogens (tertiary/aromatic N) is 1. The third-order valence-electron chi connectivity index (χ3n) is 2.02. The van der Waals surface area contributed by atoms with Crippen molar-refractivity contribution < 1.29 is 9.53 Å². The van der Waals surface area contributed by atoms with Gasteiger partial charge in [-0.15, -0.1) is 0 Å². The first-order chi connectivity index (χ1) is 7.22. The highest BCUT2D eigenvalue weighted by atomic mass is 16.6. The Labute approximate surface area is 88.3 Å². The van der Waals surface area contributed by atoms with Crippen LogP contribution in [0.1, 0.15) is 18.5 Å². The number of hydrogen-bond donors (Lipinski definition) is 2. The van der Waals surface area contributed by atoms with Crippen molar-refractivity contribution in [2.45, 2.75) is 25.4 Å². The number of imidazole rings is 1. The Balaban J connectivity index is 2.22. The van der Waals surface area contributed by atoms with E-state index in [2.05, 4.69) is 16.5 Å². The van der Waals surface area contributed by atoms with Crippen molar-refractivity contribution in [1.82, 2.24) is 9.97 Å². The monoisotopic (exact) mass is 209 g/mol. The van der Waals surface area contributed by atoms with Gasteiger partial charge in [0.2, 0.25) is 0 Å². The molecule has 0 aliphatic heterocycles. The molecule has 1 aromatic heterocycles. The number of rotatable bonds is 6. The van der Waals surface area contributed by atoms with E-state index in [1.807, 2.05) is 0 Å². The van der Waals surface area contributed by atoms with Crippen LogP contribution in [0.25, 0.3) is 0 Å². The van der Waals surface area contributed by atoms with Gasteiger partial charge in [-0.25, -0.2) is 9.78 Å². The Morgan fingerprint density at radius 1 is 1.80 bits per heavy atom. The lowest BCUT2D eigenvalue weighted by Crippen LogP contribution is -2.21. The molecule has 0 aromatic carbocycles. The van der Waals surface area contributed by atoms with Crippen LogP contribution in [0.4, 0.5) is 4.79 Å². The van der Waals surface area contributed by atoms with Gasteiger partial charge in [0.05, 0.1) is 6.33 Å². The second-order valence-electron chi connectivity index (χ2n) is 3.18. The van der Waals surface area contributed by atoms with E-state index in [1.165, 1.54) is 0 Å². The maximum Gasteiger partial charge on any atom is 0.405 e. The summed E-state index contributed by atoms with van der Waals surface area (Å²) in [7, 11) is 0. The third-order valence-corrected chi connectivity index (χ3v) is 2.02. The minimum atomic E-state index is -0.763. The normalized spacial score (nSPS) is 12.0. The molecule has 0 aliphatic carbocycles. The molecule has 5 nitrogen and oxygen atoms in total. The van der Waals surface area contributed by atoms with Crippen LogP contribution in [0, 0.1) is 0 Å². The summed E-state index contributed by atoms with van der Waals surface area (Å²) >= 11 is 0. The van der Waals surface area contributed by atoms with Gasteiger partial charge in [-0.1, -0.05) is 12.7 Å². The minimum absolute atomic E-state index is 0.301. The van der Waals surface area contributed by atoms with Gasteiger partial charge in [0.15, 0.2) is 0 Å². The van der Waals surface area contributed by atoms with Crippen molar-refractivity contribution >= 4 is 6.09 Å². The number of H-pyrrole nitrogens is 1. The molecule has 1 amide bonds. The SMILES string of the molecule is C=CC(CCCc1cnc[nH]1)OC(N)=O. The second kappa shape index (κ2) is 5.85. The van der Waals surface area contributed by atoms with Crippen molar-refractivity contribution in [3.8, 4) is 0 Å². The lowest BCUT2D eigenvalue weighted by atomic mass is 10.1. The zero-order valence-corrected chi connectivity index (χ0v) is 8.48. The maximum absolute atomic E-state index is 10.5. The number of carbonyl (C=O) groups is 1. The summed E-state index contributed by atoms with van der Waals surface area (Å²) in [5.41, 5.74) is 5.98. The van der Waals surface area contributed by atoms with Crippen LogP contribution in [-0.4, -0.2) is 22.2 Å². The first-order valence-corrected chi connectivity index (χ1v) is 4.78. The summed E-state index contributed by atoms with van der Waals surface area (Å²) in [5, 5.41) is 0. The fourth-order valence-corrected chi connectivity index (χ4v) is 1.29. The van der Waals surface area contributed by atoms with Crippen molar-refractivity contribution in [2.24, 2.45) is 5.73 Å². The van der Waals surface area contributed by atoms with Gasteiger partial charge < -0.3 is 15.5 Å². The molecule has 0 saturated carbocycles. The molecular formula is C10H15N3O2.